The van der Waals surface area contributed by atoms with Crippen LogP contribution in [-0.4, -0.2) is 27.5 Å². The number of nitrogens with one attached hydrogen (secondary N) is 2. The molecule has 0 fully saturated rings. The Balaban J connectivity index is 1.70. The Hall–Kier alpha value is -3.68. The van der Waals surface area contributed by atoms with Crippen LogP contribution in [0.5, 0.6) is 0 Å². The highest BCUT2D eigenvalue weighted by molar-refractivity contribution is 6.03. The number of benzene rings is 2. The van der Waals surface area contributed by atoms with Crippen LogP contribution in [0.15, 0.2) is 64.3 Å². The Morgan fingerprint density at radius 3 is 2.61 bits per heavy atom. The molecule has 0 radical (unpaired) electrons. The molecule has 8 nitrogen and oxygen atoms in total. The number of carbonyl (C=O) groups is 2. The van der Waals surface area contributed by atoms with E-state index in [1.165, 1.54) is 6.20 Å². The maximum atomic E-state index is 12.6. The number of hydrogen-bond donors (Lipinski definition) is 2. The zero-order valence-electron chi connectivity index (χ0n) is 15.2. The van der Waals surface area contributed by atoms with E-state index in [2.05, 4.69) is 5.32 Å². The summed E-state index contributed by atoms with van der Waals surface area (Å²) in [4.78, 5) is 49.5. The molecular formula is C20H19N3O5. The number of H-pyrrole nitrogens is 1. The lowest BCUT2D eigenvalue weighted by Crippen LogP contribution is -2.36. The molecule has 0 saturated carbocycles. The van der Waals surface area contributed by atoms with Crippen molar-refractivity contribution in [3.63, 3.8) is 0 Å². The number of hydrogen-bond acceptors (Lipinski definition) is 5. The second kappa shape index (κ2) is 8.34. The van der Waals surface area contributed by atoms with Crippen molar-refractivity contribution in [1.29, 1.82) is 0 Å². The van der Waals surface area contributed by atoms with Gasteiger partial charge in [-0.2, -0.15) is 0 Å². The molecule has 0 bridgehead atoms. The number of aromatic amines is 1. The van der Waals surface area contributed by atoms with Gasteiger partial charge in [-0.1, -0.05) is 43.3 Å². The summed E-state index contributed by atoms with van der Waals surface area (Å²) in [6, 6.07) is 14.3. The average molecular weight is 381 g/mol. The summed E-state index contributed by atoms with van der Waals surface area (Å²) in [7, 11) is 0. The van der Waals surface area contributed by atoms with Crippen molar-refractivity contribution in [3.8, 4) is 0 Å². The standard InChI is InChI=1S/C20H19N3O5/c1-2-16(28-18(25)12-23-11-10-17(24)22-20(23)27)19(26)21-15-9-5-7-13-6-3-4-8-14(13)15/h3-11,16H,2,12H2,1H3,(H,21,26)(H,22,24,27). The van der Waals surface area contributed by atoms with Gasteiger partial charge >= 0.3 is 11.7 Å². The monoisotopic (exact) mass is 381 g/mol. The number of carbonyl (C=O) groups excluding carboxylic acids is 2. The molecule has 1 heterocycles. The first kappa shape index (κ1) is 19.1. The van der Waals surface area contributed by atoms with Gasteiger partial charge in [0.25, 0.3) is 11.5 Å². The molecule has 1 unspecified atom stereocenters. The second-order valence-corrected chi connectivity index (χ2v) is 6.14. The fraction of sp³-hybridized carbons (Fsp3) is 0.200. The molecule has 0 spiro atoms. The molecule has 1 amide bonds. The summed E-state index contributed by atoms with van der Waals surface area (Å²) in [5.74, 6) is -1.21. The molecule has 2 N–H and O–H groups in total. The van der Waals surface area contributed by atoms with Crippen LogP contribution in [0, 0.1) is 0 Å². The number of fused-ring (bicyclic) bond motifs is 1. The van der Waals surface area contributed by atoms with Crippen LogP contribution < -0.4 is 16.6 Å². The largest absolute Gasteiger partial charge is 0.451 e. The summed E-state index contributed by atoms with van der Waals surface area (Å²) in [6.07, 6.45) is 0.451. The summed E-state index contributed by atoms with van der Waals surface area (Å²) in [6.45, 7) is 1.31. The molecule has 1 aromatic heterocycles. The fourth-order valence-corrected chi connectivity index (χ4v) is 2.77. The molecule has 0 saturated heterocycles. The molecule has 144 valence electrons. The van der Waals surface area contributed by atoms with Gasteiger partial charge in [0.1, 0.15) is 6.54 Å². The quantitative estimate of drug-likeness (QED) is 0.631. The number of amides is 1. The predicted molar refractivity (Wildman–Crippen MR) is 104 cm³/mol. The lowest BCUT2D eigenvalue weighted by Gasteiger charge is -2.17. The van der Waals surface area contributed by atoms with Crippen molar-refractivity contribution in [2.45, 2.75) is 26.0 Å². The van der Waals surface area contributed by atoms with Gasteiger partial charge in [0.15, 0.2) is 6.10 Å². The topological polar surface area (TPSA) is 110 Å². The summed E-state index contributed by atoms with van der Waals surface area (Å²) >= 11 is 0. The SMILES string of the molecule is CCC(OC(=O)Cn1ccc(=O)[nH]c1=O)C(=O)Nc1cccc2ccccc12. The van der Waals surface area contributed by atoms with E-state index in [1.54, 1.807) is 13.0 Å². The highest BCUT2D eigenvalue weighted by atomic mass is 16.5. The molecule has 1 atom stereocenters. The van der Waals surface area contributed by atoms with E-state index in [0.29, 0.717) is 5.69 Å². The molecule has 28 heavy (non-hydrogen) atoms. The minimum Gasteiger partial charge on any atom is -0.451 e. The highest BCUT2D eigenvalue weighted by Crippen LogP contribution is 2.23. The Bertz CT molecular complexity index is 1130. The number of ether oxygens (including phenoxy) is 1. The summed E-state index contributed by atoms with van der Waals surface area (Å²) < 4.78 is 6.23. The van der Waals surface area contributed by atoms with Gasteiger partial charge in [-0.3, -0.25) is 23.9 Å². The first-order valence-electron chi connectivity index (χ1n) is 8.76. The Kier molecular flexibility index (Phi) is 5.69. The van der Waals surface area contributed by atoms with E-state index in [-0.39, 0.29) is 6.42 Å². The van der Waals surface area contributed by atoms with Crippen molar-refractivity contribution in [2.75, 3.05) is 5.32 Å². The van der Waals surface area contributed by atoms with Crippen LogP contribution in [0.25, 0.3) is 10.8 Å². The fourth-order valence-electron chi connectivity index (χ4n) is 2.77. The third kappa shape index (κ3) is 4.35. The van der Waals surface area contributed by atoms with Crippen LogP contribution in [0.3, 0.4) is 0 Å². The zero-order chi connectivity index (χ0) is 20.1. The van der Waals surface area contributed by atoms with E-state index >= 15 is 0 Å². The van der Waals surface area contributed by atoms with Crippen molar-refractivity contribution in [3.05, 3.63) is 75.6 Å². The van der Waals surface area contributed by atoms with Gasteiger partial charge in [-0.25, -0.2) is 4.79 Å². The van der Waals surface area contributed by atoms with Gasteiger partial charge in [0.05, 0.1) is 0 Å². The second-order valence-electron chi connectivity index (χ2n) is 6.14. The van der Waals surface area contributed by atoms with Crippen molar-refractivity contribution in [1.82, 2.24) is 9.55 Å². The lowest BCUT2D eigenvalue weighted by atomic mass is 10.1. The first-order chi connectivity index (χ1) is 13.5. The minimum atomic E-state index is -1.01. The molecule has 8 heteroatoms. The van der Waals surface area contributed by atoms with Crippen LogP contribution in [0.1, 0.15) is 13.3 Å². The van der Waals surface area contributed by atoms with Crippen molar-refractivity contribution in [2.24, 2.45) is 0 Å². The van der Waals surface area contributed by atoms with E-state index in [1.807, 2.05) is 41.4 Å². The van der Waals surface area contributed by atoms with E-state index in [0.717, 1.165) is 21.4 Å². The Morgan fingerprint density at radius 1 is 1.11 bits per heavy atom. The molecule has 0 aliphatic rings. The van der Waals surface area contributed by atoms with E-state index in [9.17, 15) is 19.2 Å². The van der Waals surface area contributed by atoms with Crippen LogP contribution in [0.4, 0.5) is 5.69 Å². The third-order valence-corrected chi connectivity index (χ3v) is 4.18. The van der Waals surface area contributed by atoms with E-state index in [4.69, 9.17) is 4.74 Å². The zero-order valence-corrected chi connectivity index (χ0v) is 15.2. The Labute approximate surface area is 159 Å². The maximum absolute atomic E-state index is 12.6. The Morgan fingerprint density at radius 2 is 1.86 bits per heavy atom. The third-order valence-electron chi connectivity index (χ3n) is 4.18. The summed E-state index contributed by atoms with van der Waals surface area (Å²) in [5, 5.41) is 4.64. The first-order valence-corrected chi connectivity index (χ1v) is 8.76. The predicted octanol–water partition coefficient (Wildman–Crippen LogP) is 1.65. The molecular weight excluding hydrogens is 362 g/mol. The van der Waals surface area contributed by atoms with Crippen molar-refractivity contribution < 1.29 is 14.3 Å². The minimum absolute atomic E-state index is 0.267. The maximum Gasteiger partial charge on any atom is 0.328 e. The molecule has 0 aliphatic carbocycles. The van der Waals surface area contributed by atoms with Gasteiger partial charge in [0, 0.05) is 23.3 Å². The lowest BCUT2D eigenvalue weighted by molar-refractivity contribution is -0.155. The number of nitrogens with zero attached hydrogens (tertiary/aromatic N) is 1. The van der Waals surface area contributed by atoms with Crippen LogP contribution in [-0.2, 0) is 20.9 Å². The molecule has 0 aliphatic heterocycles. The van der Waals surface area contributed by atoms with Crippen molar-refractivity contribution >= 4 is 28.3 Å². The van der Waals surface area contributed by atoms with Gasteiger partial charge in [-0.15, -0.1) is 0 Å². The molecule has 3 aromatic rings. The number of esters is 1. The average Bonchev–Trinajstić information content (AvgIpc) is 2.68. The smallest absolute Gasteiger partial charge is 0.328 e. The van der Waals surface area contributed by atoms with Crippen LogP contribution in [0.2, 0.25) is 0 Å². The van der Waals surface area contributed by atoms with Crippen LogP contribution >= 0.6 is 0 Å². The van der Waals surface area contributed by atoms with Gasteiger partial charge in [0.2, 0.25) is 0 Å². The van der Waals surface area contributed by atoms with Gasteiger partial charge in [-0.05, 0) is 17.9 Å². The normalized spacial score (nSPS) is 11.8. The van der Waals surface area contributed by atoms with E-state index < -0.39 is 35.8 Å². The van der Waals surface area contributed by atoms with Gasteiger partial charge < -0.3 is 10.1 Å². The molecule has 2 aromatic carbocycles. The molecule has 3 rings (SSSR count). The number of anilines is 1. The number of aromatic nitrogens is 2. The summed E-state index contributed by atoms with van der Waals surface area (Å²) in [5.41, 5.74) is -0.664. The number of rotatable bonds is 6. The highest BCUT2D eigenvalue weighted by Gasteiger charge is 2.22.